The SMILES string of the molecule is C=CC(=O)OCCOCCOCCOCCOCCOC(=O)c1ccccc1Nc1cccc(C(F)(F)F)c1. The number of carbonyl (C=O) groups is 2. The van der Waals surface area contributed by atoms with Crippen LogP contribution in [0.15, 0.2) is 61.2 Å². The number of esters is 2. The predicted molar refractivity (Wildman–Crippen MR) is 136 cm³/mol. The van der Waals surface area contributed by atoms with Gasteiger partial charge in [0.1, 0.15) is 13.2 Å². The first-order valence-electron chi connectivity index (χ1n) is 12.1. The second kappa shape index (κ2) is 17.9. The number of ether oxygens (including phenoxy) is 6. The number of hydrogen-bond acceptors (Lipinski definition) is 9. The summed E-state index contributed by atoms with van der Waals surface area (Å²) in [7, 11) is 0. The smallest absolute Gasteiger partial charge is 0.416 e. The molecule has 0 radical (unpaired) electrons. The standard InChI is InChI=1S/C27H32F3NO8/c1-2-25(32)38-18-16-36-14-12-34-10-11-35-13-15-37-17-19-39-26(33)23-8-3-4-9-24(23)31-22-7-5-6-21(20-22)27(28,29)30/h2-9,20,31H,1,10-19H2. The molecule has 0 aliphatic carbocycles. The van der Waals surface area contributed by atoms with E-state index in [0.717, 1.165) is 18.2 Å². The van der Waals surface area contributed by atoms with Crippen LogP contribution >= 0.6 is 0 Å². The van der Waals surface area contributed by atoms with Crippen molar-refractivity contribution >= 4 is 23.3 Å². The molecule has 2 aromatic rings. The Morgan fingerprint density at radius 1 is 0.744 bits per heavy atom. The van der Waals surface area contributed by atoms with Crippen LogP contribution in [-0.2, 0) is 39.4 Å². The number of alkyl halides is 3. The van der Waals surface area contributed by atoms with Gasteiger partial charge in [0.2, 0.25) is 0 Å². The molecule has 0 bridgehead atoms. The van der Waals surface area contributed by atoms with Gasteiger partial charge in [0.15, 0.2) is 0 Å². The summed E-state index contributed by atoms with van der Waals surface area (Å²) >= 11 is 0. The molecule has 0 aromatic heterocycles. The molecule has 0 aliphatic heterocycles. The van der Waals surface area contributed by atoms with E-state index < -0.39 is 23.7 Å². The normalized spacial score (nSPS) is 11.2. The molecule has 1 N–H and O–H groups in total. The highest BCUT2D eigenvalue weighted by molar-refractivity contribution is 5.96. The summed E-state index contributed by atoms with van der Waals surface area (Å²) in [4.78, 5) is 23.3. The van der Waals surface area contributed by atoms with Gasteiger partial charge in [-0.15, -0.1) is 0 Å². The summed E-state index contributed by atoms with van der Waals surface area (Å²) in [5.74, 6) is -1.13. The quantitative estimate of drug-likeness (QED) is 0.154. The number of anilines is 2. The summed E-state index contributed by atoms with van der Waals surface area (Å²) in [5, 5.41) is 2.84. The first kappa shape index (κ1) is 31.8. The summed E-state index contributed by atoms with van der Waals surface area (Å²) in [6.07, 6.45) is -3.39. The molecular formula is C27H32F3NO8. The Kier molecular flexibility index (Phi) is 14.6. The molecule has 0 heterocycles. The molecule has 2 rings (SSSR count). The predicted octanol–water partition coefficient (Wildman–Crippen LogP) is 4.40. The molecule has 0 atom stereocenters. The van der Waals surface area contributed by atoms with Crippen LogP contribution in [0.25, 0.3) is 0 Å². The van der Waals surface area contributed by atoms with Crippen molar-refractivity contribution in [2.45, 2.75) is 6.18 Å². The molecule has 39 heavy (non-hydrogen) atoms. The second-order valence-electron chi connectivity index (χ2n) is 7.71. The van der Waals surface area contributed by atoms with E-state index in [-0.39, 0.29) is 44.3 Å². The topological polar surface area (TPSA) is 102 Å². The van der Waals surface area contributed by atoms with E-state index in [1.165, 1.54) is 18.2 Å². The second-order valence-corrected chi connectivity index (χ2v) is 7.71. The first-order chi connectivity index (χ1) is 18.8. The van der Waals surface area contributed by atoms with Gasteiger partial charge in [-0.1, -0.05) is 24.8 Å². The largest absolute Gasteiger partial charge is 0.460 e. The third-order valence-corrected chi connectivity index (χ3v) is 4.83. The molecule has 12 heteroatoms. The Balaban J connectivity index is 1.54. The van der Waals surface area contributed by atoms with Crippen molar-refractivity contribution in [2.24, 2.45) is 0 Å². The van der Waals surface area contributed by atoms with Crippen LogP contribution < -0.4 is 5.32 Å². The number of benzene rings is 2. The Hall–Kier alpha value is -3.45. The Morgan fingerprint density at radius 2 is 1.28 bits per heavy atom. The molecule has 0 aliphatic rings. The molecule has 214 valence electrons. The van der Waals surface area contributed by atoms with Crippen molar-refractivity contribution < 1.29 is 51.2 Å². The zero-order valence-corrected chi connectivity index (χ0v) is 21.4. The van der Waals surface area contributed by atoms with Crippen LogP contribution in [0.1, 0.15) is 15.9 Å². The van der Waals surface area contributed by atoms with Crippen molar-refractivity contribution in [3.8, 4) is 0 Å². The van der Waals surface area contributed by atoms with Crippen LogP contribution in [0.5, 0.6) is 0 Å². The van der Waals surface area contributed by atoms with Crippen molar-refractivity contribution in [1.29, 1.82) is 0 Å². The maximum Gasteiger partial charge on any atom is 0.416 e. The zero-order chi connectivity index (χ0) is 28.3. The van der Waals surface area contributed by atoms with Crippen LogP contribution in [0.2, 0.25) is 0 Å². The number of rotatable bonds is 19. The minimum Gasteiger partial charge on any atom is -0.460 e. The molecule has 9 nitrogen and oxygen atoms in total. The average Bonchev–Trinajstić information content (AvgIpc) is 2.92. The lowest BCUT2D eigenvalue weighted by atomic mass is 10.1. The minimum atomic E-state index is -4.48. The van der Waals surface area contributed by atoms with Gasteiger partial charge < -0.3 is 33.7 Å². The van der Waals surface area contributed by atoms with Crippen LogP contribution in [0, 0.1) is 0 Å². The Morgan fingerprint density at radius 3 is 1.85 bits per heavy atom. The lowest BCUT2D eigenvalue weighted by Gasteiger charge is -2.13. The number of hydrogen-bond donors (Lipinski definition) is 1. The van der Waals surface area contributed by atoms with Gasteiger partial charge >= 0.3 is 18.1 Å². The lowest BCUT2D eigenvalue weighted by molar-refractivity contribution is -0.139. The van der Waals surface area contributed by atoms with Crippen molar-refractivity contribution in [3.63, 3.8) is 0 Å². The third kappa shape index (κ3) is 13.3. The van der Waals surface area contributed by atoms with Crippen LogP contribution in [0.4, 0.5) is 24.5 Å². The van der Waals surface area contributed by atoms with E-state index in [1.807, 2.05) is 0 Å². The summed E-state index contributed by atoms with van der Waals surface area (Å²) < 4.78 is 70.2. The van der Waals surface area contributed by atoms with Crippen molar-refractivity contribution in [3.05, 3.63) is 72.3 Å². The molecule has 0 saturated heterocycles. The molecule has 0 fully saturated rings. The van der Waals surface area contributed by atoms with Gasteiger partial charge in [-0.05, 0) is 30.3 Å². The first-order valence-corrected chi connectivity index (χ1v) is 12.1. The average molecular weight is 556 g/mol. The van der Waals surface area contributed by atoms with Gasteiger partial charge in [0.05, 0.1) is 69.7 Å². The van der Waals surface area contributed by atoms with E-state index >= 15 is 0 Å². The van der Waals surface area contributed by atoms with Gasteiger partial charge in [-0.25, -0.2) is 9.59 Å². The molecule has 2 aromatic carbocycles. The van der Waals surface area contributed by atoms with E-state index in [2.05, 4.69) is 11.9 Å². The summed E-state index contributed by atoms with van der Waals surface area (Å²) in [5.41, 5.74) is -0.108. The Bertz CT molecular complexity index is 1030. The molecule has 0 saturated carbocycles. The highest BCUT2D eigenvalue weighted by Crippen LogP contribution is 2.32. The minimum absolute atomic E-state index is 0.00731. The molecule has 0 spiro atoms. The van der Waals surface area contributed by atoms with Gasteiger partial charge in [0, 0.05) is 11.8 Å². The Labute approximate surface area is 224 Å². The van der Waals surface area contributed by atoms with E-state index in [1.54, 1.807) is 18.2 Å². The number of carbonyl (C=O) groups excluding carboxylic acids is 2. The fourth-order valence-corrected chi connectivity index (χ4v) is 2.99. The maximum absolute atomic E-state index is 13.0. The fraction of sp³-hybridized carbons (Fsp3) is 0.407. The lowest BCUT2D eigenvalue weighted by Crippen LogP contribution is -2.15. The number of para-hydroxylation sites is 1. The fourth-order valence-electron chi connectivity index (χ4n) is 2.99. The maximum atomic E-state index is 13.0. The van der Waals surface area contributed by atoms with E-state index in [0.29, 0.717) is 38.7 Å². The summed E-state index contributed by atoms with van der Waals surface area (Å²) in [6, 6.07) is 11.1. The number of halogens is 3. The molecule has 0 unspecified atom stereocenters. The molecule has 0 amide bonds. The highest BCUT2D eigenvalue weighted by Gasteiger charge is 2.30. The van der Waals surface area contributed by atoms with E-state index in [9.17, 15) is 22.8 Å². The molecular weight excluding hydrogens is 523 g/mol. The summed E-state index contributed by atoms with van der Waals surface area (Å²) in [6.45, 7) is 5.95. The highest BCUT2D eigenvalue weighted by atomic mass is 19.4. The zero-order valence-electron chi connectivity index (χ0n) is 21.4. The van der Waals surface area contributed by atoms with Gasteiger partial charge in [-0.3, -0.25) is 0 Å². The number of nitrogens with one attached hydrogen (secondary N) is 1. The third-order valence-electron chi connectivity index (χ3n) is 4.83. The monoisotopic (exact) mass is 555 g/mol. The van der Waals surface area contributed by atoms with Crippen molar-refractivity contribution in [2.75, 3.05) is 71.4 Å². The van der Waals surface area contributed by atoms with Crippen molar-refractivity contribution in [1.82, 2.24) is 0 Å². The van der Waals surface area contributed by atoms with Crippen LogP contribution in [0.3, 0.4) is 0 Å². The van der Waals surface area contributed by atoms with Gasteiger partial charge in [0.25, 0.3) is 0 Å². The van der Waals surface area contributed by atoms with E-state index in [4.69, 9.17) is 28.4 Å². The van der Waals surface area contributed by atoms with Crippen LogP contribution in [-0.4, -0.2) is 78.0 Å². The van der Waals surface area contributed by atoms with Gasteiger partial charge in [-0.2, -0.15) is 13.2 Å².